The molecule has 8 heavy (non-hydrogen) atoms. The summed E-state index contributed by atoms with van der Waals surface area (Å²) >= 11 is 4.46. The first-order valence-electron chi connectivity index (χ1n) is 2.03. The lowest BCUT2D eigenvalue weighted by atomic mass is 10.7. The molecule has 0 unspecified atom stereocenters. The fourth-order valence-corrected chi connectivity index (χ4v) is 0.245. The maximum Gasteiger partial charge on any atom is 0.132 e. The van der Waals surface area contributed by atoms with Crippen LogP contribution in [-0.4, -0.2) is 5.37 Å². The fourth-order valence-electron chi connectivity index (χ4n) is 0.166. The summed E-state index contributed by atoms with van der Waals surface area (Å²) in [5, 5.41) is 1.45. The summed E-state index contributed by atoms with van der Waals surface area (Å²) in [6.45, 7) is 3.31. The number of thiocarbonyl (C=S) groups is 1. The third kappa shape index (κ3) is 5.15. The molecule has 0 aliphatic carbocycles. The van der Waals surface area contributed by atoms with Crippen molar-refractivity contribution in [2.45, 2.75) is 0 Å². The Morgan fingerprint density at radius 3 is 2.88 bits per heavy atom. The Hall–Kier alpha value is -0.850. The second kappa shape index (κ2) is 6.15. The van der Waals surface area contributed by atoms with Crippen LogP contribution in [0.3, 0.4) is 0 Å². The van der Waals surface area contributed by atoms with E-state index < -0.39 is 0 Å². The highest BCUT2D eigenvalue weighted by atomic mass is 32.1. The van der Waals surface area contributed by atoms with E-state index in [9.17, 15) is 0 Å². The van der Waals surface area contributed by atoms with Crippen LogP contribution in [0.5, 0.6) is 0 Å². The Balaban J connectivity index is 3.46. The molecular formula is C6H6OS. The Bertz CT molecular complexity index is 131. The lowest BCUT2D eigenvalue weighted by Crippen LogP contribution is -1.56. The Kier molecular flexibility index (Phi) is 5.50. The Labute approximate surface area is 54.0 Å². The lowest BCUT2D eigenvalue weighted by Gasteiger charge is -1.77. The maximum absolute atomic E-state index is 4.57. The standard InChI is InChI=1S/C6H6OS/c1-2-7-5-3-4-6-8/h2,4-6H,1H2. The topological polar surface area (TPSA) is 9.23 Å². The molecule has 0 rings (SSSR count). The average Bonchev–Trinajstić information content (AvgIpc) is 1.81. The van der Waals surface area contributed by atoms with Gasteiger partial charge in [-0.3, -0.25) is 0 Å². The quantitative estimate of drug-likeness (QED) is 0.247. The molecule has 0 fully saturated rings. The van der Waals surface area contributed by atoms with Gasteiger partial charge in [-0.1, -0.05) is 24.5 Å². The van der Waals surface area contributed by atoms with Gasteiger partial charge in [-0.25, -0.2) is 0 Å². The molecule has 0 bridgehead atoms. The van der Waals surface area contributed by atoms with Crippen molar-refractivity contribution < 1.29 is 4.74 Å². The van der Waals surface area contributed by atoms with Crippen LogP contribution in [0.15, 0.2) is 30.9 Å². The van der Waals surface area contributed by atoms with E-state index in [1.165, 1.54) is 17.9 Å². The van der Waals surface area contributed by atoms with Gasteiger partial charge in [-0.2, -0.15) is 0 Å². The molecule has 42 valence electrons. The highest BCUT2D eigenvalue weighted by molar-refractivity contribution is 7.79. The van der Waals surface area contributed by atoms with E-state index in [0.29, 0.717) is 0 Å². The molecule has 0 saturated carbocycles. The molecule has 1 nitrogen and oxygen atoms in total. The van der Waals surface area contributed by atoms with Crippen LogP contribution >= 0.6 is 12.2 Å². The molecule has 0 amide bonds. The second-order valence-corrected chi connectivity index (χ2v) is 1.16. The zero-order valence-electron chi connectivity index (χ0n) is 4.33. The van der Waals surface area contributed by atoms with E-state index in [2.05, 4.69) is 29.3 Å². The number of hydrogen-bond donors (Lipinski definition) is 0. The van der Waals surface area contributed by atoms with Gasteiger partial charge in [-0.15, -0.1) is 0 Å². The second-order valence-electron chi connectivity index (χ2n) is 0.890. The van der Waals surface area contributed by atoms with Crippen LogP contribution in [0.2, 0.25) is 0 Å². The van der Waals surface area contributed by atoms with Crippen molar-refractivity contribution in [2.24, 2.45) is 0 Å². The molecular weight excluding hydrogens is 120 g/mol. The highest BCUT2D eigenvalue weighted by Crippen LogP contribution is 1.71. The summed E-state index contributed by atoms with van der Waals surface area (Å²) in [5.74, 6) is 0. The van der Waals surface area contributed by atoms with Crippen LogP contribution in [0, 0.1) is 0 Å². The summed E-state index contributed by atoms with van der Waals surface area (Å²) in [6, 6.07) is 0. The first-order valence-corrected chi connectivity index (χ1v) is 2.50. The number of ether oxygens (including phenoxy) is 1. The zero-order valence-corrected chi connectivity index (χ0v) is 5.15. The molecule has 0 heterocycles. The number of hydrogen-bond acceptors (Lipinski definition) is 2. The van der Waals surface area contributed by atoms with Gasteiger partial charge in [0.1, 0.15) is 6.26 Å². The van der Waals surface area contributed by atoms with Crippen molar-refractivity contribution in [3.05, 3.63) is 30.9 Å². The van der Waals surface area contributed by atoms with Gasteiger partial charge in [0.05, 0.1) is 6.26 Å². The SMILES string of the molecule is C=COC=C=CC=S. The van der Waals surface area contributed by atoms with E-state index in [-0.39, 0.29) is 0 Å². The third-order valence-electron chi connectivity index (χ3n) is 0.397. The predicted molar refractivity (Wildman–Crippen MR) is 37.6 cm³/mol. The maximum atomic E-state index is 4.57. The largest absolute Gasteiger partial charge is 0.465 e. The minimum absolute atomic E-state index is 1.31. The van der Waals surface area contributed by atoms with E-state index in [0.717, 1.165) is 0 Å². The van der Waals surface area contributed by atoms with Gasteiger partial charge >= 0.3 is 0 Å². The van der Waals surface area contributed by atoms with Crippen LogP contribution < -0.4 is 0 Å². The van der Waals surface area contributed by atoms with Crippen LogP contribution in [-0.2, 0) is 4.74 Å². The summed E-state index contributed by atoms with van der Waals surface area (Å²) in [4.78, 5) is 0. The van der Waals surface area contributed by atoms with Gasteiger partial charge in [0.15, 0.2) is 0 Å². The lowest BCUT2D eigenvalue weighted by molar-refractivity contribution is 0.406. The molecule has 0 saturated heterocycles. The average molecular weight is 126 g/mol. The smallest absolute Gasteiger partial charge is 0.132 e. The van der Waals surface area contributed by atoms with E-state index in [1.54, 1.807) is 6.08 Å². The molecule has 0 spiro atoms. The molecule has 0 atom stereocenters. The molecule has 0 radical (unpaired) electrons. The number of allylic oxidation sites excluding steroid dienone is 1. The van der Waals surface area contributed by atoms with E-state index in [1.807, 2.05) is 0 Å². The van der Waals surface area contributed by atoms with Gasteiger partial charge in [0.2, 0.25) is 0 Å². The molecule has 0 aromatic heterocycles. The molecule has 0 N–H and O–H groups in total. The summed E-state index contributed by atoms with van der Waals surface area (Å²) in [7, 11) is 0. The Morgan fingerprint density at radius 1 is 1.62 bits per heavy atom. The fraction of sp³-hybridized carbons (Fsp3) is 0. The molecule has 0 aliphatic heterocycles. The van der Waals surface area contributed by atoms with Crippen molar-refractivity contribution in [3.63, 3.8) is 0 Å². The summed E-state index contributed by atoms with van der Waals surface area (Å²) in [5.41, 5.74) is 2.63. The monoisotopic (exact) mass is 126 g/mol. The first-order chi connectivity index (χ1) is 3.91. The molecule has 0 aliphatic rings. The van der Waals surface area contributed by atoms with Gasteiger partial charge in [0, 0.05) is 5.37 Å². The normalized spacial score (nSPS) is 6.00. The molecule has 0 aromatic rings. The first kappa shape index (κ1) is 7.15. The summed E-state index contributed by atoms with van der Waals surface area (Å²) in [6.07, 6.45) is 4.25. The van der Waals surface area contributed by atoms with Crippen LogP contribution in [0.25, 0.3) is 0 Å². The van der Waals surface area contributed by atoms with Crippen molar-refractivity contribution in [1.82, 2.24) is 0 Å². The summed E-state index contributed by atoms with van der Waals surface area (Å²) < 4.78 is 4.57. The van der Waals surface area contributed by atoms with E-state index >= 15 is 0 Å². The van der Waals surface area contributed by atoms with Crippen molar-refractivity contribution in [1.29, 1.82) is 0 Å². The van der Waals surface area contributed by atoms with Crippen molar-refractivity contribution in [2.75, 3.05) is 0 Å². The van der Waals surface area contributed by atoms with Crippen LogP contribution in [0.4, 0.5) is 0 Å². The molecule has 0 aromatic carbocycles. The van der Waals surface area contributed by atoms with Gasteiger partial charge in [-0.05, 0) is 6.08 Å². The minimum Gasteiger partial charge on any atom is -0.465 e. The van der Waals surface area contributed by atoms with Gasteiger partial charge < -0.3 is 4.74 Å². The highest BCUT2D eigenvalue weighted by Gasteiger charge is 1.55. The van der Waals surface area contributed by atoms with Crippen molar-refractivity contribution in [3.8, 4) is 0 Å². The zero-order chi connectivity index (χ0) is 6.24. The predicted octanol–water partition coefficient (Wildman–Crippen LogP) is 1.81. The van der Waals surface area contributed by atoms with E-state index in [4.69, 9.17) is 0 Å². The van der Waals surface area contributed by atoms with Crippen LogP contribution in [0.1, 0.15) is 0 Å². The Morgan fingerprint density at radius 2 is 2.38 bits per heavy atom. The minimum atomic E-state index is 1.31. The van der Waals surface area contributed by atoms with Gasteiger partial charge in [0.25, 0.3) is 0 Å². The molecule has 2 heteroatoms. The van der Waals surface area contributed by atoms with Crippen molar-refractivity contribution >= 4 is 17.6 Å². The third-order valence-corrected chi connectivity index (χ3v) is 0.533. The number of rotatable bonds is 3.